The van der Waals surface area contributed by atoms with E-state index in [2.05, 4.69) is 5.32 Å². The van der Waals surface area contributed by atoms with Crippen LogP contribution in [-0.4, -0.2) is 53.0 Å². The number of carboxylic acids is 2. The van der Waals surface area contributed by atoms with Crippen LogP contribution in [0.3, 0.4) is 0 Å². The lowest BCUT2D eigenvalue weighted by Gasteiger charge is -2.29. The van der Waals surface area contributed by atoms with E-state index in [9.17, 15) is 24.6 Å². The fourth-order valence-corrected chi connectivity index (χ4v) is 2.74. The molecular formula is C17H22N2O6. The number of carbonyl (C=O) groups is 3. The Bertz CT molecular complexity index is 642. The van der Waals surface area contributed by atoms with Crippen LogP contribution in [0.1, 0.15) is 25.8 Å². The molecule has 0 saturated carbocycles. The molecule has 8 nitrogen and oxygen atoms in total. The second-order valence-electron chi connectivity index (χ2n) is 6.18. The Kier molecular flexibility index (Phi) is 5.63. The van der Waals surface area contributed by atoms with E-state index in [4.69, 9.17) is 4.74 Å². The van der Waals surface area contributed by atoms with Crippen LogP contribution in [-0.2, 0) is 20.7 Å². The fraction of sp³-hybridized carbons (Fsp3) is 0.471. The monoisotopic (exact) mass is 350 g/mol. The first-order valence-electron chi connectivity index (χ1n) is 8.05. The lowest BCUT2D eigenvalue weighted by atomic mass is 9.93. The molecule has 3 N–H and O–H groups in total. The Hall–Kier alpha value is -2.61. The number of urea groups is 1. The molecule has 1 fully saturated rings. The lowest BCUT2D eigenvalue weighted by molar-refractivity contribution is -0.188. The van der Waals surface area contributed by atoms with Crippen molar-refractivity contribution >= 4 is 23.7 Å². The van der Waals surface area contributed by atoms with E-state index >= 15 is 0 Å². The van der Waals surface area contributed by atoms with E-state index in [1.54, 1.807) is 43.0 Å². The topological polar surface area (TPSA) is 116 Å². The van der Waals surface area contributed by atoms with Crippen LogP contribution in [0.25, 0.3) is 0 Å². The Balaban J connectivity index is 2.23. The third kappa shape index (κ3) is 4.08. The van der Waals surface area contributed by atoms with Crippen molar-refractivity contribution in [3.8, 4) is 0 Å². The van der Waals surface area contributed by atoms with Gasteiger partial charge in [-0.15, -0.1) is 0 Å². The predicted molar refractivity (Wildman–Crippen MR) is 89.7 cm³/mol. The summed E-state index contributed by atoms with van der Waals surface area (Å²) in [5.74, 6) is -3.10. The standard InChI is InChI=1S/C17H22N2O6/c1-11(2)25-17(14(20)21,15(22)23)10-12-4-6-13(7-5-12)19-9-3-8-18-16(19)24/h4-7,11H,3,8-10H2,1-2H3,(H,18,24)(H,20,21)(H,22,23). The smallest absolute Gasteiger partial charge is 0.348 e. The van der Waals surface area contributed by atoms with Gasteiger partial charge in [-0.2, -0.15) is 0 Å². The van der Waals surface area contributed by atoms with Crippen molar-refractivity contribution in [2.45, 2.75) is 38.4 Å². The zero-order valence-electron chi connectivity index (χ0n) is 14.2. The molecule has 0 radical (unpaired) electrons. The molecule has 0 bridgehead atoms. The predicted octanol–water partition coefficient (Wildman–Crippen LogP) is 1.48. The van der Waals surface area contributed by atoms with Gasteiger partial charge in [0.2, 0.25) is 0 Å². The number of rotatable bonds is 7. The molecule has 1 heterocycles. The van der Waals surface area contributed by atoms with Gasteiger partial charge in [-0.25, -0.2) is 14.4 Å². The zero-order chi connectivity index (χ0) is 18.6. The average molecular weight is 350 g/mol. The number of hydrogen-bond donors (Lipinski definition) is 3. The maximum atomic E-state index is 11.8. The third-order valence-corrected chi connectivity index (χ3v) is 3.91. The van der Waals surface area contributed by atoms with Crippen molar-refractivity contribution in [2.75, 3.05) is 18.0 Å². The molecule has 2 rings (SSSR count). The molecule has 1 aliphatic heterocycles. The summed E-state index contributed by atoms with van der Waals surface area (Å²) >= 11 is 0. The van der Waals surface area contributed by atoms with Gasteiger partial charge in [-0.05, 0) is 38.0 Å². The van der Waals surface area contributed by atoms with Crippen molar-refractivity contribution in [3.63, 3.8) is 0 Å². The molecule has 1 aliphatic rings. The van der Waals surface area contributed by atoms with Crippen LogP contribution in [0.5, 0.6) is 0 Å². The Morgan fingerprint density at radius 2 is 1.84 bits per heavy atom. The van der Waals surface area contributed by atoms with Gasteiger partial charge in [0.25, 0.3) is 5.60 Å². The largest absolute Gasteiger partial charge is 0.479 e. The summed E-state index contributed by atoms with van der Waals surface area (Å²) in [5, 5.41) is 21.6. The molecule has 0 aliphatic carbocycles. The first-order chi connectivity index (χ1) is 11.8. The summed E-state index contributed by atoms with van der Waals surface area (Å²) in [4.78, 5) is 36.6. The van der Waals surface area contributed by atoms with E-state index < -0.39 is 23.6 Å². The molecule has 2 amide bonds. The number of nitrogens with zero attached hydrogens (tertiary/aromatic N) is 1. The van der Waals surface area contributed by atoms with Gasteiger partial charge >= 0.3 is 18.0 Å². The van der Waals surface area contributed by atoms with Crippen LogP contribution in [0.4, 0.5) is 10.5 Å². The van der Waals surface area contributed by atoms with Gasteiger partial charge in [0.05, 0.1) is 6.10 Å². The minimum atomic E-state index is -2.35. The number of amides is 2. The Morgan fingerprint density at radius 3 is 2.32 bits per heavy atom. The maximum absolute atomic E-state index is 11.8. The van der Waals surface area contributed by atoms with E-state index in [0.717, 1.165) is 6.42 Å². The number of carbonyl (C=O) groups excluding carboxylic acids is 1. The molecule has 136 valence electrons. The number of nitrogens with one attached hydrogen (secondary N) is 1. The summed E-state index contributed by atoms with van der Waals surface area (Å²) in [6.45, 7) is 4.40. The van der Waals surface area contributed by atoms with Gasteiger partial charge in [0.1, 0.15) is 0 Å². The Morgan fingerprint density at radius 1 is 1.24 bits per heavy atom. The van der Waals surface area contributed by atoms with Gasteiger partial charge in [0.15, 0.2) is 0 Å². The molecule has 0 spiro atoms. The van der Waals surface area contributed by atoms with Crippen molar-refractivity contribution in [1.29, 1.82) is 0 Å². The lowest BCUT2D eigenvalue weighted by Crippen LogP contribution is -2.52. The third-order valence-electron chi connectivity index (χ3n) is 3.91. The second-order valence-corrected chi connectivity index (χ2v) is 6.18. The van der Waals surface area contributed by atoms with Crippen LogP contribution >= 0.6 is 0 Å². The number of ether oxygens (including phenoxy) is 1. The van der Waals surface area contributed by atoms with Crippen LogP contribution in [0.15, 0.2) is 24.3 Å². The van der Waals surface area contributed by atoms with Crippen LogP contribution in [0, 0.1) is 0 Å². The number of aliphatic carboxylic acids is 2. The molecule has 8 heteroatoms. The van der Waals surface area contributed by atoms with Crippen molar-refractivity contribution in [3.05, 3.63) is 29.8 Å². The average Bonchev–Trinajstić information content (AvgIpc) is 2.54. The summed E-state index contributed by atoms with van der Waals surface area (Å²) < 4.78 is 5.25. The van der Waals surface area contributed by atoms with Gasteiger partial charge in [-0.3, -0.25) is 4.90 Å². The molecule has 25 heavy (non-hydrogen) atoms. The first kappa shape index (κ1) is 18.7. The van der Waals surface area contributed by atoms with E-state index in [1.807, 2.05) is 0 Å². The molecule has 1 aromatic carbocycles. The maximum Gasteiger partial charge on any atom is 0.348 e. The molecular weight excluding hydrogens is 328 g/mol. The van der Waals surface area contributed by atoms with Crippen molar-refractivity contribution in [1.82, 2.24) is 5.32 Å². The number of carboxylic acid groups (broad SMARTS) is 2. The van der Waals surface area contributed by atoms with Crippen LogP contribution in [0.2, 0.25) is 0 Å². The van der Waals surface area contributed by atoms with Crippen molar-refractivity contribution in [2.24, 2.45) is 0 Å². The van der Waals surface area contributed by atoms with E-state index in [1.165, 1.54) is 0 Å². The molecule has 0 aromatic heterocycles. The van der Waals surface area contributed by atoms with Gasteiger partial charge < -0.3 is 20.3 Å². The fourth-order valence-electron chi connectivity index (χ4n) is 2.74. The molecule has 1 aromatic rings. The number of anilines is 1. The molecule has 1 saturated heterocycles. The summed E-state index contributed by atoms with van der Waals surface area (Å²) in [6.07, 6.45) is -0.0531. The zero-order valence-corrected chi connectivity index (χ0v) is 14.2. The summed E-state index contributed by atoms with van der Waals surface area (Å²) in [7, 11) is 0. The number of benzene rings is 1. The quantitative estimate of drug-likeness (QED) is 0.642. The minimum Gasteiger partial charge on any atom is -0.479 e. The SMILES string of the molecule is CC(C)OC(Cc1ccc(N2CCCNC2=O)cc1)(C(=O)O)C(=O)O. The van der Waals surface area contributed by atoms with E-state index in [-0.39, 0.29) is 12.5 Å². The van der Waals surface area contributed by atoms with Gasteiger partial charge in [0, 0.05) is 25.2 Å². The van der Waals surface area contributed by atoms with E-state index in [0.29, 0.717) is 24.3 Å². The first-order valence-corrected chi connectivity index (χ1v) is 8.05. The highest BCUT2D eigenvalue weighted by Gasteiger charge is 2.49. The van der Waals surface area contributed by atoms with Gasteiger partial charge in [-0.1, -0.05) is 12.1 Å². The summed E-state index contributed by atoms with van der Waals surface area (Å²) in [6, 6.07) is 6.38. The Labute approximate surface area is 145 Å². The highest BCUT2D eigenvalue weighted by Crippen LogP contribution is 2.24. The number of hydrogen-bond acceptors (Lipinski definition) is 4. The minimum absolute atomic E-state index is 0.187. The highest BCUT2D eigenvalue weighted by molar-refractivity contribution is 6.02. The summed E-state index contributed by atoms with van der Waals surface area (Å²) in [5.41, 5.74) is -1.19. The molecule has 0 atom stereocenters. The normalized spacial score (nSPS) is 15.2. The van der Waals surface area contributed by atoms with Crippen molar-refractivity contribution < 1.29 is 29.3 Å². The molecule has 0 unspecified atom stereocenters. The highest BCUT2D eigenvalue weighted by atomic mass is 16.6. The van der Waals surface area contributed by atoms with Crippen LogP contribution < -0.4 is 10.2 Å². The second kappa shape index (κ2) is 7.52.